The van der Waals surface area contributed by atoms with Gasteiger partial charge in [-0.2, -0.15) is 0 Å². The van der Waals surface area contributed by atoms with Gasteiger partial charge < -0.3 is 10.0 Å². The SMILES string of the molecule is O=C(O)CN(Cc1cccc(F)c1F)c1ccc(Cl)cc1. The van der Waals surface area contributed by atoms with Crippen molar-refractivity contribution in [2.75, 3.05) is 11.4 Å². The van der Waals surface area contributed by atoms with Crippen molar-refractivity contribution < 1.29 is 18.7 Å². The predicted octanol–water partition coefficient (Wildman–Crippen LogP) is 3.71. The highest BCUT2D eigenvalue weighted by atomic mass is 35.5. The van der Waals surface area contributed by atoms with Crippen LogP contribution in [0.2, 0.25) is 5.02 Å². The maximum Gasteiger partial charge on any atom is 0.323 e. The smallest absolute Gasteiger partial charge is 0.323 e. The molecule has 0 aliphatic carbocycles. The predicted molar refractivity (Wildman–Crippen MR) is 76.5 cm³/mol. The number of carboxylic acid groups (broad SMARTS) is 1. The topological polar surface area (TPSA) is 40.5 Å². The molecule has 0 spiro atoms. The van der Waals surface area contributed by atoms with Gasteiger partial charge in [0.25, 0.3) is 0 Å². The van der Waals surface area contributed by atoms with Crippen molar-refractivity contribution in [1.82, 2.24) is 0 Å². The minimum Gasteiger partial charge on any atom is -0.480 e. The molecule has 2 aromatic carbocycles. The molecule has 0 saturated carbocycles. The van der Waals surface area contributed by atoms with Crippen molar-refractivity contribution in [3.8, 4) is 0 Å². The molecule has 1 N–H and O–H groups in total. The van der Waals surface area contributed by atoms with Crippen LogP contribution in [0.25, 0.3) is 0 Å². The molecular weight excluding hydrogens is 300 g/mol. The quantitative estimate of drug-likeness (QED) is 0.915. The van der Waals surface area contributed by atoms with E-state index in [0.717, 1.165) is 6.07 Å². The molecule has 0 aliphatic heterocycles. The van der Waals surface area contributed by atoms with Crippen LogP contribution in [0.3, 0.4) is 0 Å². The first kappa shape index (κ1) is 15.3. The zero-order chi connectivity index (χ0) is 15.4. The molecular formula is C15H12ClF2NO2. The molecule has 0 radical (unpaired) electrons. The Balaban J connectivity index is 2.30. The van der Waals surface area contributed by atoms with Gasteiger partial charge in [-0.1, -0.05) is 23.7 Å². The molecule has 6 heteroatoms. The standard InChI is InChI=1S/C15H12ClF2NO2/c16-11-4-6-12(7-5-11)19(9-14(20)21)8-10-2-1-3-13(17)15(10)18/h1-7H,8-9H2,(H,20,21). The molecule has 2 aromatic rings. The molecule has 0 aliphatic rings. The van der Waals surface area contributed by atoms with E-state index in [1.807, 2.05) is 0 Å². The molecule has 0 unspecified atom stereocenters. The lowest BCUT2D eigenvalue weighted by molar-refractivity contribution is -0.135. The van der Waals surface area contributed by atoms with E-state index in [2.05, 4.69) is 0 Å². The first-order chi connectivity index (χ1) is 9.97. The largest absolute Gasteiger partial charge is 0.480 e. The number of nitrogens with zero attached hydrogens (tertiary/aromatic N) is 1. The van der Waals surface area contributed by atoms with Crippen LogP contribution in [0.5, 0.6) is 0 Å². The van der Waals surface area contributed by atoms with Crippen molar-refractivity contribution in [2.24, 2.45) is 0 Å². The molecule has 0 atom stereocenters. The number of rotatable bonds is 5. The maximum absolute atomic E-state index is 13.7. The minimum absolute atomic E-state index is 0.0580. The molecule has 21 heavy (non-hydrogen) atoms. The van der Waals surface area contributed by atoms with E-state index in [1.54, 1.807) is 24.3 Å². The van der Waals surface area contributed by atoms with E-state index in [9.17, 15) is 13.6 Å². The third-order valence-corrected chi connectivity index (χ3v) is 3.16. The van der Waals surface area contributed by atoms with Crippen LogP contribution in [0.15, 0.2) is 42.5 Å². The number of hydrogen-bond acceptors (Lipinski definition) is 2. The third-order valence-electron chi connectivity index (χ3n) is 2.91. The van der Waals surface area contributed by atoms with Crippen molar-refractivity contribution >= 4 is 23.3 Å². The van der Waals surface area contributed by atoms with Crippen LogP contribution >= 0.6 is 11.6 Å². The summed E-state index contributed by atoms with van der Waals surface area (Å²) in [6.45, 7) is -0.394. The molecule has 0 heterocycles. The van der Waals surface area contributed by atoms with Gasteiger partial charge >= 0.3 is 5.97 Å². The van der Waals surface area contributed by atoms with Crippen molar-refractivity contribution in [3.63, 3.8) is 0 Å². The fourth-order valence-corrected chi connectivity index (χ4v) is 2.06. The van der Waals surface area contributed by atoms with Gasteiger partial charge in [0.2, 0.25) is 0 Å². The van der Waals surface area contributed by atoms with Crippen LogP contribution in [-0.2, 0) is 11.3 Å². The monoisotopic (exact) mass is 311 g/mol. The fraction of sp³-hybridized carbons (Fsp3) is 0.133. The molecule has 0 aromatic heterocycles. The maximum atomic E-state index is 13.7. The number of benzene rings is 2. The van der Waals surface area contributed by atoms with E-state index in [0.29, 0.717) is 10.7 Å². The molecule has 0 fully saturated rings. The Kier molecular flexibility index (Phi) is 4.75. The summed E-state index contributed by atoms with van der Waals surface area (Å²) in [6, 6.07) is 10.3. The van der Waals surface area contributed by atoms with Gasteiger partial charge in [0.05, 0.1) is 0 Å². The van der Waals surface area contributed by atoms with Crippen molar-refractivity contribution in [3.05, 3.63) is 64.7 Å². The summed E-state index contributed by atoms with van der Waals surface area (Å²) in [5, 5.41) is 9.47. The van der Waals surface area contributed by atoms with Gasteiger partial charge in [-0.15, -0.1) is 0 Å². The van der Waals surface area contributed by atoms with Gasteiger partial charge in [0.15, 0.2) is 11.6 Å². The Morgan fingerprint density at radius 3 is 2.43 bits per heavy atom. The second kappa shape index (κ2) is 6.54. The number of carboxylic acids is 1. The van der Waals surface area contributed by atoms with Gasteiger partial charge in [0, 0.05) is 22.8 Å². The van der Waals surface area contributed by atoms with E-state index >= 15 is 0 Å². The number of halogens is 3. The van der Waals surface area contributed by atoms with Gasteiger partial charge in [-0.25, -0.2) is 8.78 Å². The Hall–Kier alpha value is -2.14. The highest BCUT2D eigenvalue weighted by Gasteiger charge is 2.15. The third kappa shape index (κ3) is 3.92. The molecule has 0 bridgehead atoms. The number of anilines is 1. The first-order valence-electron chi connectivity index (χ1n) is 6.12. The summed E-state index contributed by atoms with van der Waals surface area (Å²) >= 11 is 5.78. The summed E-state index contributed by atoms with van der Waals surface area (Å²) in [5.74, 6) is -3.00. The number of hydrogen-bond donors (Lipinski definition) is 1. The zero-order valence-electron chi connectivity index (χ0n) is 10.9. The second-order valence-corrected chi connectivity index (χ2v) is 4.88. The average molecular weight is 312 g/mol. The molecule has 0 saturated heterocycles. The van der Waals surface area contributed by atoms with E-state index in [4.69, 9.17) is 16.7 Å². The lowest BCUT2D eigenvalue weighted by Gasteiger charge is -2.23. The Labute approximate surface area is 125 Å². The van der Waals surface area contributed by atoms with E-state index in [-0.39, 0.29) is 18.7 Å². The molecule has 2 rings (SSSR count). The van der Waals surface area contributed by atoms with Crippen LogP contribution in [0, 0.1) is 11.6 Å². The number of aliphatic carboxylic acids is 1. The van der Waals surface area contributed by atoms with Crippen molar-refractivity contribution in [1.29, 1.82) is 0 Å². The number of carbonyl (C=O) groups is 1. The van der Waals surface area contributed by atoms with Gasteiger partial charge in [-0.3, -0.25) is 4.79 Å². The summed E-state index contributed by atoms with van der Waals surface area (Å²) in [6.07, 6.45) is 0. The van der Waals surface area contributed by atoms with Crippen LogP contribution in [-0.4, -0.2) is 17.6 Å². The van der Waals surface area contributed by atoms with Crippen LogP contribution < -0.4 is 4.90 Å². The first-order valence-corrected chi connectivity index (χ1v) is 6.50. The second-order valence-electron chi connectivity index (χ2n) is 4.44. The highest BCUT2D eigenvalue weighted by molar-refractivity contribution is 6.30. The molecule has 110 valence electrons. The Bertz CT molecular complexity index is 647. The normalized spacial score (nSPS) is 10.4. The van der Waals surface area contributed by atoms with E-state index in [1.165, 1.54) is 17.0 Å². The summed E-state index contributed by atoms with van der Waals surface area (Å²) in [4.78, 5) is 12.4. The summed E-state index contributed by atoms with van der Waals surface area (Å²) in [5.41, 5.74) is 0.650. The Morgan fingerprint density at radius 1 is 1.14 bits per heavy atom. The van der Waals surface area contributed by atoms with E-state index < -0.39 is 17.6 Å². The average Bonchev–Trinajstić information content (AvgIpc) is 2.43. The molecule has 0 amide bonds. The van der Waals surface area contributed by atoms with Gasteiger partial charge in [-0.05, 0) is 30.3 Å². The van der Waals surface area contributed by atoms with Gasteiger partial charge in [0.1, 0.15) is 6.54 Å². The van der Waals surface area contributed by atoms with Crippen LogP contribution in [0.4, 0.5) is 14.5 Å². The lowest BCUT2D eigenvalue weighted by atomic mass is 10.1. The highest BCUT2D eigenvalue weighted by Crippen LogP contribution is 2.21. The summed E-state index contributed by atoms with van der Waals surface area (Å²) < 4.78 is 26.9. The lowest BCUT2D eigenvalue weighted by Crippen LogP contribution is -2.29. The van der Waals surface area contributed by atoms with Crippen molar-refractivity contribution in [2.45, 2.75) is 6.54 Å². The summed E-state index contributed by atoms with van der Waals surface area (Å²) in [7, 11) is 0. The minimum atomic E-state index is -1.07. The Morgan fingerprint density at radius 2 is 1.81 bits per heavy atom. The molecule has 3 nitrogen and oxygen atoms in total. The fourth-order valence-electron chi connectivity index (χ4n) is 1.93. The zero-order valence-corrected chi connectivity index (χ0v) is 11.6. The van der Waals surface area contributed by atoms with Crippen LogP contribution in [0.1, 0.15) is 5.56 Å².